The molecule has 4 nitrogen and oxygen atoms in total. The topological polar surface area (TPSA) is 48.1 Å². The van der Waals surface area contributed by atoms with Gasteiger partial charge in [-0.3, -0.25) is 0 Å². The molecule has 1 heterocycles. The van der Waals surface area contributed by atoms with Crippen molar-refractivity contribution in [1.29, 1.82) is 0 Å². The standard InChI is InChI=1S/C15H18N2O2S/c1-2-10-20-12-14-8-9-15(17(18)19)16(14)11-13-6-4-3-5-7-13/h3-9H,2,10-12H2,1H3. The van der Waals surface area contributed by atoms with E-state index in [1.807, 2.05) is 48.2 Å². The third-order valence-corrected chi connectivity index (χ3v) is 4.21. The summed E-state index contributed by atoms with van der Waals surface area (Å²) in [5.74, 6) is 2.06. The van der Waals surface area contributed by atoms with Gasteiger partial charge in [0.15, 0.2) is 0 Å². The van der Waals surface area contributed by atoms with E-state index >= 15 is 0 Å². The zero-order chi connectivity index (χ0) is 14.4. The number of aromatic nitrogens is 1. The van der Waals surface area contributed by atoms with E-state index in [-0.39, 0.29) is 10.7 Å². The summed E-state index contributed by atoms with van der Waals surface area (Å²) in [6.45, 7) is 2.69. The van der Waals surface area contributed by atoms with Gasteiger partial charge in [0.05, 0.1) is 5.75 Å². The number of benzene rings is 1. The van der Waals surface area contributed by atoms with Crippen molar-refractivity contribution in [1.82, 2.24) is 4.57 Å². The predicted octanol–water partition coefficient (Wildman–Crippen LogP) is 4.09. The van der Waals surface area contributed by atoms with Crippen LogP contribution in [0.15, 0.2) is 42.5 Å². The first-order chi connectivity index (χ1) is 9.72. The van der Waals surface area contributed by atoms with Crippen LogP contribution in [0.5, 0.6) is 0 Å². The summed E-state index contributed by atoms with van der Waals surface area (Å²) in [5, 5.41) is 11.1. The van der Waals surface area contributed by atoms with Gasteiger partial charge < -0.3 is 10.1 Å². The number of nitro groups is 1. The van der Waals surface area contributed by atoms with E-state index in [1.54, 1.807) is 10.6 Å². The Morgan fingerprint density at radius 3 is 2.60 bits per heavy atom. The van der Waals surface area contributed by atoms with Crippen LogP contribution in [0.25, 0.3) is 0 Å². The fraction of sp³-hybridized carbons (Fsp3) is 0.333. The molecule has 1 aromatic heterocycles. The molecule has 0 radical (unpaired) electrons. The highest BCUT2D eigenvalue weighted by molar-refractivity contribution is 7.98. The average molecular weight is 290 g/mol. The molecule has 0 aliphatic rings. The highest BCUT2D eigenvalue weighted by Crippen LogP contribution is 2.23. The molecular formula is C15H18N2O2S. The second-order valence-electron chi connectivity index (χ2n) is 4.56. The second-order valence-corrected chi connectivity index (χ2v) is 5.67. The third kappa shape index (κ3) is 3.63. The van der Waals surface area contributed by atoms with Crippen molar-refractivity contribution in [2.24, 2.45) is 0 Å². The summed E-state index contributed by atoms with van der Waals surface area (Å²) in [4.78, 5) is 10.8. The minimum atomic E-state index is -0.309. The number of nitrogens with zero attached hydrogens (tertiary/aromatic N) is 2. The first-order valence-corrected chi connectivity index (χ1v) is 7.82. The summed E-state index contributed by atoms with van der Waals surface area (Å²) in [6, 6.07) is 13.3. The Kier molecular flexibility index (Phi) is 5.24. The van der Waals surface area contributed by atoms with Crippen LogP contribution in [-0.4, -0.2) is 15.2 Å². The quantitative estimate of drug-likeness (QED) is 0.438. The minimum Gasteiger partial charge on any atom is -0.358 e. The Labute approximate surface area is 123 Å². The normalized spacial score (nSPS) is 10.7. The molecule has 0 N–H and O–H groups in total. The highest BCUT2D eigenvalue weighted by Gasteiger charge is 2.18. The Morgan fingerprint density at radius 2 is 1.95 bits per heavy atom. The molecule has 0 unspecified atom stereocenters. The van der Waals surface area contributed by atoms with Gasteiger partial charge in [-0.2, -0.15) is 11.8 Å². The highest BCUT2D eigenvalue weighted by atomic mass is 32.2. The van der Waals surface area contributed by atoms with E-state index in [2.05, 4.69) is 6.92 Å². The van der Waals surface area contributed by atoms with Gasteiger partial charge in [-0.1, -0.05) is 37.3 Å². The maximum Gasteiger partial charge on any atom is 0.323 e. The van der Waals surface area contributed by atoms with E-state index in [1.165, 1.54) is 0 Å². The Balaban J connectivity index is 2.22. The van der Waals surface area contributed by atoms with Gasteiger partial charge in [0.2, 0.25) is 0 Å². The van der Waals surface area contributed by atoms with Crippen LogP contribution in [0.1, 0.15) is 24.6 Å². The lowest BCUT2D eigenvalue weighted by Crippen LogP contribution is -2.07. The molecule has 5 heteroatoms. The zero-order valence-electron chi connectivity index (χ0n) is 11.5. The third-order valence-electron chi connectivity index (χ3n) is 3.02. The Morgan fingerprint density at radius 1 is 1.20 bits per heavy atom. The first kappa shape index (κ1) is 14.7. The van der Waals surface area contributed by atoms with Crippen molar-refractivity contribution in [3.05, 3.63) is 63.8 Å². The van der Waals surface area contributed by atoms with Crippen molar-refractivity contribution in [2.75, 3.05) is 5.75 Å². The van der Waals surface area contributed by atoms with Gasteiger partial charge in [0, 0.05) is 6.07 Å². The summed E-state index contributed by atoms with van der Waals surface area (Å²) >= 11 is 1.81. The summed E-state index contributed by atoms with van der Waals surface area (Å²) in [7, 11) is 0. The van der Waals surface area contributed by atoms with Crippen LogP contribution < -0.4 is 0 Å². The summed E-state index contributed by atoms with van der Waals surface area (Å²) in [5.41, 5.74) is 2.09. The van der Waals surface area contributed by atoms with Crippen molar-refractivity contribution in [2.45, 2.75) is 25.6 Å². The zero-order valence-corrected chi connectivity index (χ0v) is 12.3. The molecule has 0 aliphatic carbocycles. The number of hydrogen-bond donors (Lipinski definition) is 0. The molecule has 0 fully saturated rings. The van der Waals surface area contributed by atoms with E-state index in [4.69, 9.17) is 0 Å². The van der Waals surface area contributed by atoms with Crippen molar-refractivity contribution < 1.29 is 4.92 Å². The fourth-order valence-corrected chi connectivity index (χ4v) is 2.95. The molecule has 0 saturated carbocycles. The van der Waals surface area contributed by atoms with Gasteiger partial charge >= 0.3 is 5.82 Å². The molecule has 106 valence electrons. The van der Waals surface area contributed by atoms with Crippen molar-refractivity contribution in [3.8, 4) is 0 Å². The molecular weight excluding hydrogens is 272 g/mol. The molecule has 0 amide bonds. The monoisotopic (exact) mass is 290 g/mol. The molecule has 20 heavy (non-hydrogen) atoms. The van der Waals surface area contributed by atoms with Gasteiger partial charge in [0.1, 0.15) is 12.2 Å². The van der Waals surface area contributed by atoms with Gasteiger partial charge in [-0.25, -0.2) is 4.57 Å². The van der Waals surface area contributed by atoms with E-state index in [9.17, 15) is 10.1 Å². The van der Waals surface area contributed by atoms with Crippen LogP contribution >= 0.6 is 11.8 Å². The molecule has 2 aromatic rings. The Bertz CT molecular complexity index is 567. The van der Waals surface area contributed by atoms with Crippen LogP contribution in [0, 0.1) is 10.1 Å². The van der Waals surface area contributed by atoms with E-state index in [0.29, 0.717) is 6.54 Å². The molecule has 1 aromatic carbocycles. The lowest BCUT2D eigenvalue weighted by molar-refractivity contribution is -0.392. The molecule has 0 saturated heterocycles. The smallest absolute Gasteiger partial charge is 0.323 e. The first-order valence-electron chi connectivity index (χ1n) is 6.67. The van der Waals surface area contributed by atoms with Crippen molar-refractivity contribution in [3.63, 3.8) is 0 Å². The molecule has 0 aliphatic heterocycles. The van der Waals surface area contributed by atoms with Crippen LogP contribution in [0.3, 0.4) is 0 Å². The SMILES string of the molecule is CCCSCc1ccc([N+](=O)[O-])n1Cc1ccccc1. The van der Waals surface area contributed by atoms with Crippen molar-refractivity contribution >= 4 is 17.6 Å². The Hall–Kier alpha value is -1.75. The molecule has 2 rings (SSSR count). The lowest BCUT2D eigenvalue weighted by Gasteiger charge is -2.06. The summed E-state index contributed by atoms with van der Waals surface area (Å²) in [6.07, 6.45) is 1.12. The average Bonchev–Trinajstić information content (AvgIpc) is 2.84. The minimum absolute atomic E-state index is 0.168. The van der Waals surface area contributed by atoms with Crippen LogP contribution in [0.2, 0.25) is 0 Å². The fourth-order valence-electron chi connectivity index (χ4n) is 2.05. The van der Waals surface area contributed by atoms with E-state index < -0.39 is 0 Å². The molecule has 0 spiro atoms. The van der Waals surface area contributed by atoms with Crippen LogP contribution in [0.4, 0.5) is 5.82 Å². The van der Waals surface area contributed by atoms with Crippen LogP contribution in [-0.2, 0) is 12.3 Å². The maximum atomic E-state index is 11.1. The summed E-state index contributed by atoms with van der Waals surface area (Å²) < 4.78 is 1.80. The number of rotatable bonds is 7. The molecule has 0 bridgehead atoms. The lowest BCUT2D eigenvalue weighted by atomic mass is 10.2. The molecule has 0 atom stereocenters. The van der Waals surface area contributed by atoms with E-state index in [0.717, 1.165) is 29.2 Å². The van der Waals surface area contributed by atoms with Gasteiger partial charge in [0.25, 0.3) is 0 Å². The largest absolute Gasteiger partial charge is 0.358 e. The maximum absolute atomic E-state index is 11.1. The van der Waals surface area contributed by atoms with Gasteiger partial charge in [-0.15, -0.1) is 0 Å². The predicted molar refractivity (Wildman–Crippen MR) is 83.1 cm³/mol. The number of thioether (sulfide) groups is 1. The van der Waals surface area contributed by atoms with Gasteiger partial charge in [-0.05, 0) is 28.7 Å². The second kappa shape index (κ2) is 7.14. The number of hydrogen-bond acceptors (Lipinski definition) is 3.